The zero-order valence-corrected chi connectivity index (χ0v) is 16.6. The van der Waals surface area contributed by atoms with Gasteiger partial charge < -0.3 is 18.9 Å². The van der Waals surface area contributed by atoms with Gasteiger partial charge in [0.1, 0.15) is 24.1 Å². The Morgan fingerprint density at radius 3 is 2.63 bits per heavy atom. The van der Waals surface area contributed by atoms with Gasteiger partial charge in [0.2, 0.25) is 5.76 Å². The number of hydrogen-bond acceptors (Lipinski definition) is 6. The van der Waals surface area contributed by atoms with E-state index < -0.39 is 12.0 Å². The summed E-state index contributed by atoms with van der Waals surface area (Å²) >= 11 is 0. The molecule has 0 bridgehead atoms. The molecule has 30 heavy (non-hydrogen) atoms. The fourth-order valence-corrected chi connectivity index (χ4v) is 3.51. The quantitative estimate of drug-likeness (QED) is 0.581. The van der Waals surface area contributed by atoms with Crippen molar-refractivity contribution in [2.75, 3.05) is 13.7 Å². The number of ether oxygens (including phenoxy) is 2. The number of aromatic nitrogens is 1. The van der Waals surface area contributed by atoms with Gasteiger partial charge in [-0.2, -0.15) is 0 Å². The Kier molecular flexibility index (Phi) is 5.79. The minimum absolute atomic E-state index is 0.102. The third-order valence-electron chi connectivity index (χ3n) is 5.11. The standard InChI is InChI=1S/C23H22N2O5/c1-28-23(27)20-8-5-13-25(20)22(26)21-14-19(24-30-21)17-9-11-18(12-10-17)29-15-16-6-3-2-4-7-16/h2-4,6-7,9-12,14,20H,5,8,13,15H2,1H3. The van der Waals surface area contributed by atoms with Crippen molar-refractivity contribution in [1.29, 1.82) is 0 Å². The number of amides is 1. The summed E-state index contributed by atoms with van der Waals surface area (Å²) in [6.07, 6.45) is 1.33. The molecule has 1 aromatic heterocycles. The van der Waals surface area contributed by atoms with Gasteiger partial charge in [0.15, 0.2) is 0 Å². The summed E-state index contributed by atoms with van der Waals surface area (Å²) < 4.78 is 15.8. The van der Waals surface area contributed by atoms with E-state index in [1.54, 1.807) is 6.07 Å². The number of hydrogen-bond donors (Lipinski definition) is 0. The Morgan fingerprint density at radius 2 is 1.90 bits per heavy atom. The second kappa shape index (κ2) is 8.82. The van der Waals surface area contributed by atoms with E-state index in [1.807, 2.05) is 54.6 Å². The first-order valence-corrected chi connectivity index (χ1v) is 9.78. The molecule has 1 unspecified atom stereocenters. The van der Waals surface area contributed by atoms with Gasteiger partial charge in [-0.15, -0.1) is 0 Å². The van der Waals surface area contributed by atoms with E-state index >= 15 is 0 Å². The molecule has 1 saturated heterocycles. The van der Waals surface area contributed by atoms with Crippen LogP contribution in [0.4, 0.5) is 0 Å². The van der Waals surface area contributed by atoms with E-state index in [9.17, 15) is 9.59 Å². The van der Waals surface area contributed by atoms with Crippen molar-refractivity contribution >= 4 is 11.9 Å². The lowest BCUT2D eigenvalue weighted by atomic mass is 10.1. The van der Waals surface area contributed by atoms with Crippen LogP contribution in [0.3, 0.4) is 0 Å². The van der Waals surface area contributed by atoms with Crippen molar-refractivity contribution in [1.82, 2.24) is 10.1 Å². The average molecular weight is 406 g/mol. The van der Waals surface area contributed by atoms with Crippen LogP contribution in [0.5, 0.6) is 5.75 Å². The lowest BCUT2D eigenvalue weighted by Crippen LogP contribution is -2.40. The first kappa shape index (κ1) is 19.7. The molecule has 2 aromatic carbocycles. The molecule has 0 aliphatic carbocycles. The topological polar surface area (TPSA) is 81.9 Å². The van der Waals surface area contributed by atoms with E-state index in [0.29, 0.717) is 25.3 Å². The number of carbonyl (C=O) groups excluding carboxylic acids is 2. The molecule has 0 radical (unpaired) electrons. The van der Waals surface area contributed by atoms with Gasteiger partial charge in [0, 0.05) is 18.2 Å². The Balaban J connectivity index is 1.42. The van der Waals surface area contributed by atoms with Crippen molar-refractivity contribution in [3.05, 3.63) is 72.0 Å². The molecule has 7 nitrogen and oxygen atoms in total. The second-order valence-electron chi connectivity index (χ2n) is 7.05. The summed E-state index contributed by atoms with van der Waals surface area (Å²) in [5.41, 5.74) is 2.44. The van der Waals surface area contributed by atoms with Crippen LogP contribution in [-0.4, -0.2) is 41.6 Å². The van der Waals surface area contributed by atoms with Crippen LogP contribution in [-0.2, 0) is 16.1 Å². The number of carbonyl (C=O) groups is 2. The summed E-state index contributed by atoms with van der Waals surface area (Å²) in [7, 11) is 1.32. The predicted octanol–water partition coefficient (Wildman–Crippen LogP) is 3.70. The van der Waals surface area contributed by atoms with Gasteiger partial charge in [-0.25, -0.2) is 4.79 Å². The van der Waals surface area contributed by atoms with Crippen molar-refractivity contribution in [2.24, 2.45) is 0 Å². The molecule has 1 aliphatic rings. The molecule has 3 aromatic rings. The van der Waals surface area contributed by atoms with Crippen molar-refractivity contribution in [2.45, 2.75) is 25.5 Å². The molecule has 2 heterocycles. The normalized spacial score (nSPS) is 15.8. The molecular weight excluding hydrogens is 384 g/mol. The van der Waals surface area contributed by atoms with Gasteiger partial charge in [0.25, 0.3) is 5.91 Å². The maximum absolute atomic E-state index is 12.8. The molecule has 0 spiro atoms. The lowest BCUT2D eigenvalue weighted by Gasteiger charge is -2.20. The lowest BCUT2D eigenvalue weighted by molar-refractivity contribution is -0.145. The molecular formula is C23H22N2O5. The predicted molar refractivity (Wildman–Crippen MR) is 109 cm³/mol. The van der Waals surface area contributed by atoms with E-state index in [-0.39, 0.29) is 11.7 Å². The van der Waals surface area contributed by atoms with E-state index in [4.69, 9.17) is 14.0 Å². The zero-order valence-electron chi connectivity index (χ0n) is 16.6. The fraction of sp³-hybridized carbons (Fsp3) is 0.261. The molecule has 1 amide bonds. The largest absolute Gasteiger partial charge is 0.489 e. The van der Waals surface area contributed by atoms with Crippen LogP contribution in [0, 0.1) is 0 Å². The van der Waals surface area contributed by atoms with E-state index in [1.165, 1.54) is 12.0 Å². The summed E-state index contributed by atoms with van der Waals surface area (Å²) in [6, 6.07) is 18.4. The molecule has 1 atom stereocenters. The molecule has 0 saturated carbocycles. The molecule has 0 N–H and O–H groups in total. The monoisotopic (exact) mass is 406 g/mol. The maximum Gasteiger partial charge on any atom is 0.328 e. The summed E-state index contributed by atoms with van der Waals surface area (Å²) in [6.45, 7) is 0.974. The Bertz CT molecular complexity index is 1010. The minimum atomic E-state index is -0.572. The van der Waals surface area contributed by atoms with Crippen LogP contribution in [0.25, 0.3) is 11.3 Å². The van der Waals surface area contributed by atoms with E-state index in [0.717, 1.165) is 23.3 Å². The minimum Gasteiger partial charge on any atom is -0.489 e. The van der Waals surface area contributed by atoms with Crippen LogP contribution in [0.2, 0.25) is 0 Å². The fourth-order valence-electron chi connectivity index (χ4n) is 3.51. The molecule has 1 aliphatic heterocycles. The third-order valence-corrected chi connectivity index (χ3v) is 5.11. The first-order chi connectivity index (χ1) is 14.7. The van der Waals surface area contributed by atoms with Crippen LogP contribution < -0.4 is 4.74 Å². The highest BCUT2D eigenvalue weighted by atomic mass is 16.5. The highest BCUT2D eigenvalue weighted by Crippen LogP contribution is 2.26. The van der Waals surface area contributed by atoms with Crippen LogP contribution >= 0.6 is 0 Å². The number of likely N-dealkylation sites (tertiary alicyclic amines) is 1. The third kappa shape index (κ3) is 4.20. The number of methoxy groups -OCH3 is 1. The molecule has 7 heteroatoms. The Morgan fingerprint density at radius 1 is 1.13 bits per heavy atom. The van der Waals surface area contributed by atoms with Gasteiger partial charge in [0.05, 0.1) is 7.11 Å². The average Bonchev–Trinajstić information content (AvgIpc) is 3.48. The van der Waals surface area contributed by atoms with Gasteiger partial charge in [-0.1, -0.05) is 35.5 Å². The summed E-state index contributed by atoms with van der Waals surface area (Å²) in [5.74, 6) is 0.0711. The number of nitrogens with zero attached hydrogens (tertiary/aromatic N) is 2. The highest BCUT2D eigenvalue weighted by Gasteiger charge is 2.36. The van der Waals surface area contributed by atoms with Crippen molar-refractivity contribution in [3.63, 3.8) is 0 Å². The number of benzene rings is 2. The summed E-state index contributed by atoms with van der Waals surface area (Å²) in [4.78, 5) is 26.1. The van der Waals surface area contributed by atoms with Gasteiger partial charge >= 0.3 is 5.97 Å². The van der Waals surface area contributed by atoms with Gasteiger partial charge in [-0.05, 0) is 42.7 Å². The Hall–Kier alpha value is -3.61. The maximum atomic E-state index is 12.8. The summed E-state index contributed by atoms with van der Waals surface area (Å²) in [5, 5.41) is 4.01. The number of rotatable bonds is 6. The highest BCUT2D eigenvalue weighted by molar-refractivity contribution is 5.95. The van der Waals surface area contributed by atoms with Crippen molar-refractivity contribution < 1.29 is 23.6 Å². The van der Waals surface area contributed by atoms with Crippen LogP contribution in [0.1, 0.15) is 29.0 Å². The van der Waals surface area contributed by atoms with Crippen molar-refractivity contribution in [3.8, 4) is 17.0 Å². The van der Waals surface area contributed by atoms with Crippen LogP contribution in [0.15, 0.2) is 65.2 Å². The SMILES string of the molecule is COC(=O)C1CCCN1C(=O)c1cc(-c2ccc(OCc3ccccc3)cc2)no1. The smallest absolute Gasteiger partial charge is 0.328 e. The van der Waals surface area contributed by atoms with E-state index in [2.05, 4.69) is 5.16 Å². The molecule has 1 fully saturated rings. The first-order valence-electron chi connectivity index (χ1n) is 9.78. The molecule has 4 rings (SSSR count). The van der Waals surface area contributed by atoms with Gasteiger partial charge in [-0.3, -0.25) is 4.79 Å². The Labute approximate surface area is 174 Å². The molecule has 154 valence electrons. The zero-order chi connectivity index (χ0) is 20.9. The number of esters is 1. The second-order valence-corrected chi connectivity index (χ2v) is 7.05.